The van der Waals surface area contributed by atoms with Crippen molar-refractivity contribution in [2.45, 2.75) is 51.0 Å². The maximum absolute atomic E-state index is 13.4. The van der Waals surface area contributed by atoms with Gasteiger partial charge in [0.1, 0.15) is 4.90 Å². The normalized spacial score (nSPS) is 22.6. The molecular weight excluding hydrogens is 416 g/mol. The number of nitrogens with one attached hydrogen (secondary N) is 1. The van der Waals surface area contributed by atoms with Crippen LogP contribution in [0.15, 0.2) is 35.2 Å². The van der Waals surface area contributed by atoms with Crippen LogP contribution in [0, 0.1) is 11.3 Å². The van der Waals surface area contributed by atoms with Gasteiger partial charge < -0.3 is 11.1 Å². The molecule has 2 aliphatic carbocycles. The summed E-state index contributed by atoms with van der Waals surface area (Å²) in [7, 11) is -4.71. The Labute approximate surface area is 181 Å². The fourth-order valence-corrected chi connectivity index (χ4v) is 5.94. The second kappa shape index (κ2) is 7.17. The lowest BCUT2D eigenvalue weighted by Crippen LogP contribution is -2.36. The molecule has 2 aromatic carbocycles. The fourth-order valence-electron chi connectivity index (χ4n) is 5.30. The van der Waals surface area contributed by atoms with Gasteiger partial charge in [-0.2, -0.15) is 8.42 Å². The SMILES string of the molecule is CC1CC(Nc2cc(S(=O)(=O)O)c(N)c3c2C(=O)c2ccccc2C3=O)CC(C)(C)C1. The highest BCUT2D eigenvalue weighted by Crippen LogP contribution is 2.43. The average Bonchev–Trinajstić information content (AvgIpc) is 2.64. The number of benzene rings is 2. The molecule has 2 atom stereocenters. The van der Waals surface area contributed by atoms with E-state index >= 15 is 0 Å². The molecule has 0 amide bonds. The number of anilines is 2. The van der Waals surface area contributed by atoms with Gasteiger partial charge in [-0.1, -0.05) is 45.0 Å². The Morgan fingerprint density at radius 3 is 2.19 bits per heavy atom. The number of hydrogen-bond donors (Lipinski definition) is 3. The van der Waals surface area contributed by atoms with Gasteiger partial charge in [-0.15, -0.1) is 0 Å². The Morgan fingerprint density at radius 2 is 1.65 bits per heavy atom. The van der Waals surface area contributed by atoms with E-state index in [1.807, 2.05) is 0 Å². The maximum Gasteiger partial charge on any atom is 0.296 e. The predicted octanol–water partition coefficient (Wildman–Crippen LogP) is 3.92. The van der Waals surface area contributed by atoms with Crippen LogP contribution in [-0.2, 0) is 10.1 Å². The molecule has 2 unspecified atom stereocenters. The summed E-state index contributed by atoms with van der Waals surface area (Å²) in [5.41, 5.74) is 6.19. The molecular formula is C23H26N2O5S. The summed E-state index contributed by atoms with van der Waals surface area (Å²) in [6, 6.07) is 7.53. The molecule has 1 saturated carbocycles. The summed E-state index contributed by atoms with van der Waals surface area (Å²) in [5.74, 6) is -0.497. The van der Waals surface area contributed by atoms with Crippen molar-refractivity contribution < 1.29 is 22.6 Å². The third-order valence-corrected chi connectivity index (χ3v) is 7.12. The zero-order chi connectivity index (χ0) is 22.7. The highest BCUT2D eigenvalue weighted by atomic mass is 32.2. The third-order valence-electron chi connectivity index (χ3n) is 6.22. The van der Waals surface area contributed by atoms with Crippen LogP contribution in [-0.4, -0.2) is 30.6 Å². The minimum absolute atomic E-state index is 0.0270. The first-order valence-corrected chi connectivity index (χ1v) is 11.7. The highest BCUT2D eigenvalue weighted by molar-refractivity contribution is 7.86. The first-order valence-electron chi connectivity index (χ1n) is 10.3. The second-order valence-corrected chi connectivity index (χ2v) is 10.9. The minimum Gasteiger partial charge on any atom is -0.397 e. The number of nitrogen functional groups attached to an aromatic ring is 1. The van der Waals surface area contributed by atoms with Gasteiger partial charge in [-0.05, 0) is 36.7 Å². The van der Waals surface area contributed by atoms with Crippen LogP contribution < -0.4 is 11.1 Å². The molecule has 2 aromatic rings. The van der Waals surface area contributed by atoms with Crippen molar-refractivity contribution in [3.05, 3.63) is 52.6 Å². The molecule has 0 heterocycles. The van der Waals surface area contributed by atoms with E-state index in [2.05, 4.69) is 26.1 Å². The molecule has 164 valence electrons. The largest absolute Gasteiger partial charge is 0.397 e. The Kier molecular flexibility index (Phi) is 4.98. The van der Waals surface area contributed by atoms with Crippen molar-refractivity contribution in [1.29, 1.82) is 0 Å². The molecule has 0 radical (unpaired) electrons. The van der Waals surface area contributed by atoms with Crippen LogP contribution in [0.1, 0.15) is 71.9 Å². The standard InChI is InChI=1S/C23H26N2O5S/c1-12-8-13(11-23(2,3)10-12)25-16-9-17(31(28,29)30)20(24)19-18(16)21(26)14-6-4-5-7-15(14)22(19)27/h4-7,9,12-13,25H,8,10-11,24H2,1-3H3,(H,28,29,30). The number of fused-ring (bicyclic) bond motifs is 2. The summed E-state index contributed by atoms with van der Waals surface area (Å²) < 4.78 is 33.8. The predicted molar refractivity (Wildman–Crippen MR) is 118 cm³/mol. The van der Waals surface area contributed by atoms with Crippen LogP contribution in [0.3, 0.4) is 0 Å². The Morgan fingerprint density at radius 1 is 1.06 bits per heavy atom. The molecule has 0 aliphatic heterocycles. The van der Waals surface area contributed by atoms with E-state index in [4.69, 9.17) is 5.73 Å². The van der Waals surface area contributed by atoms with Gasteiger partial charge in [-0.3, -0.25) is 14.1 Å². The Bertz CT molecular complexity index is 1220. The van der Waals surface area contributed by atoms with Crippen molar-refractivity contribution in [3.8, 4) is 0 Å². The Hall–Kier alpha value is -2.71. The van der Waals surface area contributed by atoms with E-state index in [0.29, 0.717) is 5.92 Å². The van der Waals surface area contributed by atoms with E-state index in [-0.39, 0.29) is 39.4 Å². The number of carbonyl (C=O) groups excluding carboxylic acids is 2. The van der Waals surface area contributed by atoms with Crippen molar-refractivity contribution in [2.75, 3.05) is 11.1 Å². The summed E-state index contributed by atoms with van der Waals surface area (Å²) in [6.45, 7) is 6.50. The number of carbonyl (C=O) groups is 2. The average molecular weight is 443 g/mol. The van der Waals surface area contributed by atoms with Crippen LogP contribution in [0.2, 0.25) is 0 Å². The zero-order valence-corrected chi connectivity index (χ0v) is 18.5. The van der Waals surface area contributed by atoms with Crippen LogP contribution >= 0.6 is 0 Å². The van der Waals surface area contributed by atoms with Gasteiger partial charge in [0, 0.05) is 22.9 Å². The quantitative estimate of drug-likeness (QED) is 0.414. The number of ketones is 2. The number of nitrogens with two attached hydrogens (primary N) is 1. The Balaban J connectivity index is 1.92. The molecule has 7 nitrogen and oxygen atoms in total. The van der Waals surface area contributed by atoms with E-state index < -0.39 is 32.3 Å². The summed E-state index contributed by atoms with van der Waals surface area (Å²) in [6.07, 6.45) is 2.71. The van der Waals surface area contributed by atoms with Gasteiger partial charge in [0.2, 0.25) is 0 Å². The smallest absolute Gasteiger partial charge is 0.296 e. The van der Waals surface area contributed by atoms with E-state index in [9.17, 15) is 22.6 Å². The molecule has 0 aromatic heterocycles. The van der Waals surface area contributed by atoms with Crippen LogP contribution in [0.25, 0.3) is 0 Å². The first-order chi connectivity index (χ1) is 14.4. The van der Waals surface area contributed by atoms with E-state index in [1.165, 1.54) is 12.1 Å². The number of rotatable bonds is 3. The van der Waals surface area contributed by atoms with Crippen molar-refractivity contribution in [3.63, 3.8) is 0 Å². The lowest BCUT2D eigenvalue weighted by Gasteiger charge is -2.40. The fraction of sp³-hybridized carbons (Fsp3) is 0.391. The molecule has 0 bridgehead atoms. The van der Waals surface area contributed by atoms with Crippen molar-refractivity contribution in [1.82, 2.24) is 0 Å². The van der Waals surface area contributed by atoms with Gasteiger partial charge in [-0.25, -0.2) is 0 Å². The molecule has 8 heteroatoms. The van der Waals surface area contributed by atoms with Gasteiger partial charge in [0.05, 0.1) is 16.8 Å². The molecule has 0 saturated heterocycles. The van der Waals surface area contributed by atoms with Crippen molar-refractivity contribution >= 4 is 33.1 Å². The minimum atomic E-state index is -4.71. The van der Waals surface area contributed by atoms with Crippen molar-refractivity contribution in [2.24, 2.45) is 11.3 Å². The summed E-state index contributed by atoms with van der Waals surface area (Å²) >= 11 is 0. The molecule has 4 rings (SSSR count). The second-order valence-electron chi connectivity index (χ2n) is 9.52. The molecule has 4 N–H and O–H groups in total. The zero-order valence-electron chi connectivity index (χ0n) is 17.7. The molecule has 2 aliphatic rings. The summed E-state index contributed by atoms with van der Waals surface area (Å²) in [4.78, 5) is 26.0. The van der Waals surface area contributed by atoms with Crippen LogP contribution in [0.5, 0.6) is 0 Å². The van der Waals surface area contributed by atoms with E-state index in [0.717, 1.165) is 19.3 Å². The van der Waals surface area contributed by atoms with E-state index in [1.54, 1.807) is 18.2 Å². The first kappa shape index (κ1) is 21.5. The van der Waals surface area contributed by atoms with Gasteiger partial charge in [0.15, 0.2) is 11.6 Å². The molecule has 31 heavy (non-hydrogen) atoms. The summed E-state index contributed by atoms with van der Waals surface area (Å²) in [5, 5.41) is 3.31. The highest BCUT2D eigenvalue weighted by Gasteiger charge is 2.38. The molecule has 1 fully saturated rings. The lowest BCUT2D eigenvalue weighted by atomic mass is 9.70. The lowest BCUT2D eigenvalue weighted by molar-refractivity contribution is 0.0980. The third kappa shape index (κ3) is 3.74. The van der Waals surface area contributed by atoms with Gasteiger partial charge >= 0.3 is 0 Å². The van der Waals surface area contributed by atoms with Crippen LogP contribution in [0.4, 0.5) is 11.4 Å². The maximum atomic E-state index is 13.4. The molecule has 0 spiro atoms. The topological polar surface area (TPSA) is 127 Å². The monoisotopic (exact) mass is 442 g/mol. The van der Waals surface area contributed by atoms with Gasteiger partial charge in [0.25, 0.3) is 10.1 Å². The number of hydrogen-bond acceptors (Lipinski definition) is 6.